The molecule has 39 heavy (non-hydrogen) atoms. The van der Waals surface area contributed by atoms with Crippen LogP contribution in [-0.2, 0) is 21.0 Å². The Labute approximate surface area is 234 Å². The minimum atomic E-state index is -2.91. The Kier molecular flexibility index (Phi) is 7.80. The standard InChI is InChI=1S/C27H39N7O3S2/c1-3-23-18(2)38-26-24(23)25(29-19-4-6-21(7-5-19)33-10-12-37-13-11-33)31-27(32-26)30-20-16-28-34(17-20)22-8-14-39(35,36)15-9-22/h16-17,19,21-22H,3-15H2,1-2H3,(H2,29,30,31,32). The third kappa shape index (κ3) is 5.94. The summed E-state index contributed by atoms with van der Waals surface area (Å²) in [5, 5.41) is 12.9. The van der Waals surface area contributed by atoms with E-state index in [1.54, 1.807) is 17.5 Å². The van der Waals surface area contributed by atoms with E-state index < -0.39 is 9.84 Å². The summed E-state index contributed by atoms with van der Waals surface area (Å²) in [7, 11) is -2.91. The van der Waals surface area contributed by atoms with E-state index in [0.29, 0.717) is 30.9 Å². The van der Waals surface area contributed by atoms with Crippen molar-refractivity contribution >= 4 is 48.8 Å². The van der Waals surface area contributed by atoms with Crippen LogP contribution in [0.5, 0.6) is 0 Å². The van der Waals surface area contributed by atoms with Crippen LogP contribution in [0, 0.1) is 6.92 Å². The van der Waals surface area contributed by atoms with Crippen molar-refractivity contribution in [2.24, 2.45) is 0 Å². The van der Waals surface area contributed by atoms with Crippen LogP contribution in [0.15, 0.2) is 12.4 Å². The van der Waals surface area contributed by atoms with Gasteiger partial charge in [0.05, 0.1) is 48.0 Å². The van der Waals surface area contributed by atoms with E-state index in [-0.39, 0.29) is 17.5 Å². The first-order chi connectivity index (χ1) is 18.9. The van der Waals surface area contributed by atoms with Gasteiger partial charge in [0.1, 0.15) is 20.5 Å². The third-order valence-corrected chi connectivity index (χ3v) is 11.3. The van der Waals surface area contributed by atoms with Crippen molar-refractivity contribution in [1.82, 2.24) is 24.6 Å². The lowest BCUT2D eigenvalue weighted by Crippen LogP contribution is -2.46. The van der Waals surface area contributed by atoms with Crippen LogP contribution in [-0.4, -0.2) is 83.0 Å². The van der Waals surface area contributed by atoms with Gasteiger partial charge < -0.3 is 15.4 Å². The monoisotopic (exact) mass is 573 g/mol. The Morgan fingerprint density at radius 2 is 1.79 bits per heavy atom. The maximum absolute atomic E-state index is 11.8. The molecule has 3 aromatic rings. The van der Waals surface area contributed by atoms with Gasteiger partial charge in [0.2, 0.25) is 5.95 Å². The highest BCUT2D eigenvalue weighted by Crippen LogP contribution is 2.37. The highest BCUT2D eigenvalue weighted by atomic mass is 32.2. The summed E-state index contributed by atoms with van der Waals surface area (Å²) in [6.07, 6.45) is 10.5. The Bertz CT molecular complexity index is 1390. The van der Waals surface area contributed by atoms with Gasteiger partial charge in [0, 0.05) is 36.2 Å². The number of ether oxygens (including phenoxy) is 1. The summed E-state index contributed by atoms with van der Waals surface area (Å²) in [6, 6.07) is 1.15. The molecule has 0 spiro atoms. The molecule has 0 aromatic carbocycles. The quantitative estimate of drug-likeness (QED) is 0.427. The molecule has 10 nitrogen and oxygen atoms in total. The first-order valence-corrected chi connectivity index (χ1v) is 16.9. The van der Waals surface area contributed by atoms with Crippen LogP contribution in [0.4, 0.5) is 17.5 Å². The number of nitrogens with zero attached hydrogens (tertiary/aromatic N) is 5. The summed E-state index contributed by atoms with van der Waals surface area (Å²) in [4.78, 5) is 14.8. The minimum absolute atomic E-state index is 0.101. The lowest BCUT2D eigenvalue weighted by molar-refractivity contribution is 0.00791. The number of thiophene rings is 1. The average molecular weight is 574 g/mol. The number of hydrogen-bond donors (Lipinski definition) is 2. The Hall–Kier alpha value is -2.28. The van der Waals surface area contributed by atoms with Gasteiger partial charge in [-0.2, -0.15) is 10.1 Å². The molecule has 3 aliphatic rings. The molecule has 1 saturated carbocycles. The predicted octanol–water partition coefficient (Wildman–Crippen LogP) is 4.31. The van der Waals surface area contributed by atoms with E-state index >= 15 is 0 Å². The average Bonchev–Trinajstić information content (AvgIpc) is 3.53. The van der Waals surface area contributed by atoms with E-state index in [0.717, 1.165) is 67.3 Å². The van der Waals surface area contributed by atoms with E-state index in [4.69, 9.17) is 14.7 Å². The normalized spacial score (nSPS) is 24.7. The highest BCUT2D eigenvalue weighted by Gasteiger charge is 2.28. The van der Waals surface area contributed by atoms with Crippen LogP contribution in [0.1, 0.15) is 61.9 Å². The van der Waals surface area contributed by atoms with Gasteiger partial charge in [-0.3, -0.25) is 9.58 Å². The van der Waals surface area contributed by atoms with Crippen LogP contribution in [0.2, 0.25) is 0 Å². The van der Waals surface area contributed by atoms with Gasteiger partial charge >= 0.3 is 0 Å². The molecule has 5 heterocycles. The third-order valence-electron chi connectivity index (χ3n) is 8.56. The molecular formula is C27H39N7O3S2. The van der Waals surface area contributed by atoms with Crippen LogP contribution < -0.4 is 10.6 Å². The zero-order valence-electron chi connectivity index (χ0n) is 22.9. The molecule has 3 fully saturated rings. The van der Waals surface area contributed by atoms with Gasteiger partial charge in [0.25, 0.3) is 0 Å². The zero-order valence-corrected chi connectivity index (χ0v) is 24.5. The molecule has 6 rings (SSSR count). The molecule has 1 aliphatic carbocycles. The highest BCUT2D eigenvalue weighted by molar-refractivity contribution is 7.91. The Morgan fingerprint density at radius 1 is 1.05 bits per heavy atom. The van der Waals surface area contributed by atoms with Crippen molar-refractivity contribution < 1.29 is 13.2 Å². The summed E-state index contributed by atoms with van der Waals surface area (Å²) in [5.74, 6) is 1.92. The molecule has 12 heteroatoms. The number of nitrogens with one attached hydrogen (secondary N) is 2. The number of anilines is 3. The summed E-state index contributed by atoms with van der Waals surface area (Å²) >= 11 is 1.72. The molecule has 212 valence electrons. The van der Waals surface area contributed by atoms with E-state index in [9.17, 15) is 8.42 Å². The van der Waals surface area contributed by atoms with Crippen LogP contribution >= 0.6 is 11.3 Å². The molecule has 0 radical (unpaired) electrons. The lowest BCUT2D eigenvalue weighted by Gasteiger charge is -2.39. The first kappa shape index (κ1) is 26.9. The van der Waals surface area contributed by atoms with Crippen molar-refractivity contribution in [1.29, 1.82) is 0 Å². The smallest absolute Gasteiger partial charge is 0.230 e. The Balaban J connectivity index is 1.19. The van der Waals surface area contributed by atoms with Crippen molar-refractivity contribution in [2.75, 3.05) is 48.4 Å². The lowest BCUT2D eigenvalue weighted by atomic mass is 9.90. The fraction of sp³-hybridized carbons (Fsp3) is 0.667. The summed E-state index contributed by atoms with van der Waals surface area (Å²) < 4.78 is 31.1. The Morgan fingerprint density at radius 3 is 2.51 bits per heavy atom. The van der Waals surface area contributed by atoms with E-state index in [2.05, 4.69) is 34.5 Å². The van der Waals surface area contributed by atoms with Gasteiger partial charge in [0.15, 0.2) is 0 Å². The van der Waals surface area contributed by atoms with Crippen LogP contribution in [0.3, 0.4) is 0 Å². The van der Waals surface area contributed by atoms with Gasteiger partial charge in [-0.05, 0) is 57.4 Å². The van der Waals surface area contributed by atoms with E-state index in [1.807, 2.05) is 10.9 Å². The topological polar surface area (TPSA) is 114 Å². The fourth-order valence-electron chi connectivity index (χ4n) is 6.35. The fourth-order valence-corrected chi connectivity index (χ4v) is 8.93. The minimum Gasteiger partial charge on any atom is -0.379 e. The van der Waals surface area contributed by atoms with Crippen molar-refractivity contribution in [3.05, 3.63) is 22.8 Å². The molecule has 3 aromatic heterocycles. The second-order valence-corrected chi connectivity index (χ2v) is 14.6. The molecule has 0 atom stereocenters. The zero-order chi connectivity index (χ0) is 27.0. The van der Waals surface area contributed by atoms with Gasteiger partial charge in [-0.15, -0.1) is 11.3 Å². The number of fused-ring (bicyclic) bond motifs is 1. The number of hydrogen-bond acceptors (Lipinski definition) is 10. The molecule has 0 bridgehead atoms. The number of aromatic nitrogens is 4. The van der Waals surface area contributed by atoms with Crippen LogP contribution in [0.25, 0.3) is 10.2 Å². The second kappa shape index (κ2) is 11.3. The maximum atomic E-state index is 11.8. The predicted molar refractivity (Wildman–Crippen MR) is 156 cm³/mol. The SMILES string of the molecule is CCc1c(C)sc2nc(Nc3cnn(C4CCS(=O)(=O)CC4)c3)nc(NC3CCC(N4CCOCC4)CC3)c12. The number of sulfone groups is 1. The van der Waals surface area contributed by atoms with Gasteiger partial charge in [-0.25, -0.2) is 13.4 Å². The number of aryl methyl sites for hydroxylation is 2. The van der Waals surface area contributed by atoms with Crippen molar-refractivity contribution in [2.45, 2.75) is 76.9 Å². The maximum Gasteiger partial charge on any atom is 0.230 e. The van der Waals surface area contributed by atoms with Crippen molar-refractivity contribution in [3.63, 3.8) is 0 Å². The molecular weight excluding hydrogens is 534 g/mol. The van der Waals surface area contributed by atoms with Crippen molar-refractivity contribution in [3.8, 4) is 0 Å². The molecule has 2 N–H and O–H groups in total. The summed E-state index contributed by atoms with van der Waals surface area (Å²) in [6.45, 7) is 8.17. The number of morpholine rings is 1. The first-order valence-electron chi connectivity index (χ1n) is 14.3. The molecule has 0 unspecified atom stereocenters. The molecule has 2 aliphatic heterocycles. The number of rotatable bonds is 7. The summed E-state index contributed by atoms with van der Waals surface area (Å²) in [5.41, 5.74) is 2.13. The molecule has 0 amide bonds. The molecule has 2 saturated heterocycles. The largest absolute Gasteiger partial charge is 0.379 e. The van der Waals surface area contributed by atoms with E-state index in [1.165, 1.54) is 23.3 Å². The van der Waals surface area contributed by atoms with Gasteiger partial charge in [-0.1, -0.05) is 6.92 Å². The second-order valence-electron chi connectivity index (χ2n) is 11.1.